The Kier molecular flexibility index (Phi) is 7.97. The van der Waals surface area contributed by atoms with E-state index >= 15 is 0 Å². The molecule has 0 radical (unpaired) electrons. The van der Waals surface area contributed by atoms with Crippen LogP contribution < -0.4 is 14.7 Å². The number of benzene rings is 10. The SMILES string of the molecule is [2H]c1cc(N(c2ccc3ccccc3c2)c2ccc3sc4c(N(c5ccccc5)c5cccc6ccccc56)cc(N(c5ccccc5)c5ccccc5)cc4c3c2)c([2H])c([2H])c1[2H]. The molecule has 1 aromatic heterocycles. The highest BCUT2D eigenvalue weighted by atomic mass is 32.1. The molecule has 0 aliphatic carbocycles. The van der Waals surface area contributed by atoms with Gasteiger partial charge in [0, 0.05) is 60.7 Å². The van der Waals surface area contributed by atoms with Crippen LogP contribution in [0.4, 0.5) is 51.2 Å². The first-order valence-electron chi connectivity index (χ1n) is 22.0. The predicted octanol–water partition coefficient (Wildman–Crippen LogP) is 16.8. The summed E-state index contributed by atoms with van der Waals surface area (Å²) in [6.45, 7) is 0. The van der Waals surface area contributed by atoms with Gasteiger partial charge in [-0.3, -0.25) is 0 Å². The highest BCUT2D eigenvalue weighted by molar-refractivity contribution is 7.26. The van der Waals surface area contributed by atoms with Gasteiger partial charge in [-0.05, 0) is 113 Å². The lowest BCUT2D eigenvalue weighted by Crippen LogP contribution is -2.13. The Balaban J connectivity index is 1.22. The van der Waals surface area contributed by atoms with Crippen molar-refractivity contribution in [2.45, 2.75) is 0 Å². The zero-order valence-corrected chi connectivity index (χ0v) is 33.3. The molecule has 11 aromatic rings. The van der Waals surface area contributed by atoms with Gasteiger partial charge in [0.05, 0.1) is 21.6 Å². The molecular formula is C56H39N3S. The number of rotatable bonds is 9. The van der Waals surface area contributed by atoms with Crippen LogP contribution in [0.15, 0.2) is 236 Å². The first-order valence-corrected chi connectivity index (χ1v) is 20.8. The molecule has 10 aromatic carbocycles. The Bertz CT molecular complexity index is 3480. The molecule has 0 unspecified atom stereocenters. The second-order valence-corrected chi connectivity index (χ2v) is 15.8. The summed E-state index contributed by atoms with van der Waals surface area (Å²) in [5.41, 5.74) is 8.08. The van der Waals surface area contributed by atoms with Gasteiger partial charge in [-0.2, -0.15) is 0 Å². The molecule has 1 heterocycles. The smallest absolute Gasteiger partial charge is 0.0661 e. The second kappa shape index (κ2) is 15.3. The van der Waals surface area contributed by atoms with Crippen LogP contribution in [0.5, 0.6) is 0 Å². The van der Waals surface area contributed by atoms with E-state index in [-0.39, 0.29) is 24.2 Å². The second-order valence-electron chi connectivity index (χ2n) is 14.7. The van der Waals surface area contributed by atoms with Crippen molar-refractivity contribution in [3.05, 3.63) is 236 Å². The predicted molar refractivity (Wildman–Crippen MR) is 258 cm³/mol. The van der Waals surface area contributed by atoms with Crippen LogP contribution in [0.2, 0.25) is 0 Å². The largest absolute Gasteiger partial charge is 0.310 e. The average molecular weight is 790 g/mol. The van der Waals surface area contributed by atoms with Crippen molar-refractivity contribution in [3.8, 4) is 0 Å². The van der Waals surface area contributed by atoms with E-state index in [4.69, 9.17) is 4.11 Å². The molecule has 0 aliphatic rings. The summed E-state index contributed by atoms with van der Waals surface area (Å²) in [7, 11) is 0. The lowest BCUT2D eigenvalue weighted by molar-refractivity contribution is 1.27. The number of anilines is 9. The van der Waals surface area contributed by atoms with Gasteiger partial charge < -0.3 is 14.7 Å². The van der Waals surface area contributed by atoms with E-state index in [9.17, 15) is 1.37 Å². The summed E-state index contributed by atoms with van der Waals surface area (Å²) in [6.07, 6.45) is 0. The van der Waals surface area contributed by atoms with Crippen LogP contribution in [0, 0.1) is 0 Å². The number of hydrogen-bond donors (Lipinski definition) is 0. The summed E-state index contributed by atoms with van der Waals surface area (Å²) >= 11 is 1.75. The van der Waals surface area contributed by atoms with Crippen LogP contribution in [-0.2, 0) is 0 Å². The first-order chi connectivity index (χ1) is 31.4. The van der Waals surface area contributed by atoms with Gasteiger partial charge in [0.2, 0.25) is 0 Å². The van der Waals surface area contributed by atoms with E-state index < -0.39 is 0 Å². The van der Waals surface area contributed by atoms with Crippen molar-refractivity contribution in [2.75, 3.05) is 14.7 Å². The molecule has 0 saturated heterocycles. The Labute approximate surface area is 359 Å². The number of thiophene rings is 1. The van der Waals surface area contributed by atoms with Crippen LogP contribution in [0.25, 0.3) is 41.7 Å². The highest BCUT2D eigenvalue weighted by Gasteiger charge is 2.24. The minimum Gasteiger partial charge on any atom is -0.310 e. The van der Waals surface area contributed by atoms with Crippen LogP contribution >= 0.6 is 11.3 Å². The zero-order valence-electron chi connectivity index (χ0n) is 36.5. The van der Waals surface area contributed by atoms with Crippen LogP contribution in [0.3, 0.4) is 0 Å². The van der Waals surface area contributed by atoms with E-state index in [1.54, 1.807) is 17.4 Å². The lowest BCUT2D eigenvalue weighted by Gasteiger charge is -2.30. The maximum atomic E-state index is 9.18. The Hall–Kier alpha value is -7.66. The van der Waals surface area contributed by atoms with Crippen molar-refractivity contribution in [2.24, 2.45) is 0 Å². The van der Waals surface area contributed by atoms with Gasteiger partial charge in [-0.25, -0.2) is 0 Å². The average Bonchev–Trinajstić information content (AvgIpc) is 3.72. The summed E-state index contributed by atoms with van der Waals surface area (Å²) in [5, 5.41) is 6.48. The minimum absolute atomic E-state index is 0.102. The van der Waals surface area contributed by atoms with Crippen LogP contribution in [0.1, 0.15) is 5.48 Å². The third-order valence-electron chi connectivity index (χ3n) is 11.1. The maximum Gasteiger partial charge on any atom is 0.0661 e. The number of para-hydroxylation sites is 4. The standard InChI is InChI=1S/C56H39N3S/c1-5-22-43(23-6-1)57(44-24-7-2-8-25-44)49-38-52-51-37-48(58(45-26-9-3-10-27-45)47-33-32-40-18-13-14-20-42(40)36-47)34-35-55(51)60-56(52)54(39-49)59(46-28-11-4-12-29-46)53-31-17-21-41-19-15-16-30-50(41)53/h1-39H/i3D,9D,10D,26D. The molecule has 0 fully saturated rings. The van der Waals surface area contributed by atoms with Gasteiger partial charge in [0.25, 0.3) is 0 Å². The third kappa shape index (κ3) is 6.40. The molecule has 11 rings (SSSR count). The zero-order chi connectivity index (χ0) is 43.3. The van der Waals surface area contributed by atoms with Gasteiger partial charge in [0.15, 0.2) is 0 Å². The summed E-state index contributed by atoms with van der Waals surface area (Å²) in [6, 6.07) is 72.7. The fourth-order valence-electron chi connectivity index (χ4n) is 8.39. The number of fused-ring (bicyclic) bond motifs is 5. The molecule has 0 atom stereocenters. The molecular weight excluding hydrogens is 747 g/mol. The van der Waals surface area contributed by atoms with Crippen molar-refractivity contribution in [1.29, 1.82) is 0 Å². The minimum atomic E-state index is -0.277. The normalized spacial score (nSPS) is 12.3. The fraction of sp³-hybridized carbons (Fsp3) is 0. The maximum absolute atomic E-state index is 9.18. The van der Waals surface area contributed by atoms with Crippen LogP contribution in [-0.4, -0.2) is 0 Å². The molecule has 4 heteroatoms. The Morgan fingerprint density at radius 2 is 0.900 bits per heavy atom. The lowest BCUT2D eigenvalue weighted by atomic mass is 10.0. The van der Waals surface area contributed by atoms with Gasteiger partial charge in [-0.1, -0.05) is 139 Å². The van der Waals surface area contributed by atoms with E-state index in [2.05, 4.69) is 186 Å². The van der Waals surface area contributed by atoms with E-state index in [1.807, 2.05) is 35.2 Å². The molecule has 0 N–H and O–H groups in total. The molecule has 284 valence electrons. The van der Waals surface area contributed by atoms with Crippen molar-refractivity contribution in [3.63, 3.8) is 0 Å². The molecule has 60 heavy (non-hydrogen) atoms. The van der Waals surface area contributed by atoms with Crippen molar-refractivity contribution < 1.29 is 5.48 Å². The van der Waals surface area contributed by atoms with Crippen molar-refractivity contribution >= 4 is 104 Å². The third-order valence-corrected chi connectivity index (χ3v) is 12.3. The molecule has 3 nitrogen and oxygen atoms in total. The quantitative estimate of drug-likeness (QED) is 0.144. The van der Waals surface area contributed by atoms with Gasteiger partial charge >= 0.3 is 0 Å². The van der Waals surface area contributed by atoms with Crippen molar-refractivity contribution in [1.82, 2.24) is 0 Å². The van der Waals surface area contributed by atoms with Gasteiger partial charge in [0.1, 0.15) is 0 Å². The molecule has 0 amide bonds. The van der Waals surface area contributed by atoms with Gasteiger partial charge in [-0.15, -0.1) is 11.3 Å². The monoisotopic (exact) mass is 789 g/mol. The number of hydrogen-bond acceptors (Lipinski definition) is 4. The Morgan fingerprint density at radius 1 is 0.317 bits per heavy atom. The Morgan fingerprint density at radius 3 is 1.65 bits per heavy atom. The van der Waals surface area contributed by atoms with E-state index in [0.29, 0.717) is 5.69 Å². The molecule has 0 aliphatic heterocycles. The topological polar surface area (TPSA) is 9.72 Å². The molecule has 0 bridgehead atoms. The highest BCUT2D eigenvalue weighted by Crippen LogP contribution is 2.51. The fourth-order valence-corrected chi connectivity index (χ4v) is 9.56. The van der Waals surface area contributed by atoms with E-state index in [1.165, 1.54) is 0 Å². The summed E-state index contributed by atoms with van der Waals surface area (Å²) in [4.78, 5) is 6.66. The molecule has 0 saturated carbocycles. The van der Waals surface area contributed by atoms with E-state index in [0.717, 1.165) is 87.2 Å². The molecule has 0 spiro atoms. The first kappa shape index (κ1) is 31.3. The number of nitrogens with zero attached hydrogens (tertiary/aromatic N) is 3. The summed E-state index contributed by atoms with van der Waals surface area (Å²) in [5.74, 6) is 0. The summed E-state index contributed by atoms with van der Waals surface area (Å²) < 4.78 is 37.2.